The molecule has 1 aliphatic heterocycles. The third kappa shape index (κ3) is 4.17. The minimum Gasteiger partial charge on any atom is -0.331 e. The predicted molar refractivity (Wildman–Crippen MR) is 77.3 cm³/mol. The highest BCUT2D eigenvalue weighted by Gasteiger charge is 2.32. The fraction of sp³-hybridized carbons (Fsp3) is 0.429. The van der Waals surface area contributed by atoms with Crippen LogP contribution in [0, 0.1) is 0 Å². The van der Waals surface area contributed by atoms with E-state index in [4.69, 9.17) is 0 Å². The molecule has 4 nitrogen and oxygen atoms in total. The van der Waals surface area contributed by atoms with E-state index in [1.807, 2.05) is 0 Å². The summed E-state index contributed by atoms with van der Waals surface area (Å²) in [6.45, 7) is 2.04. The maximum absolute atomic E-state index is 12.2. The van der Waals surface area contributed by atoms with Gasteiger partial charge in [0.25, 0.3) is 5.76 Å². The number of nitrogens with one attached hydrogen (secondary N) is 1. The van der Waals surface area contributed by atoms with Crippen molar-refractivity contribution in [3.05, 3.63) is 24.3 Å². The van der Waals surface area contributed by atoms with Crippen LogP contribution in [0.3, 0.4) is 0 Å². The van der Waals surface area contributed by atoms with Gasteiger partial charge in [-0.25, -0.2) is 0 Å². The molecular weight excluding hydrogens is 298 g/mol. The zero-order valence-corrected chi connectivity index (χ0v) is 12.3. The molecule has 0 bridgehead atoms. The van der Waals surface area contributed by atoms with Crippen LogP contribution in [-0.4, -0.2) is 35.1 Å². The number of halogens is 2. The van der Waals surface area contributed by atoms with E-state index in [1.54, 1.807) is 17.0 Å². The highest BCUT2D eigenvalue weighted by molar-refractivity contribution is 7.99. The normalized spacial score (nSPS) is 18.1. The van der Waals surface area contributed by atoms with Gasteiger partial charge in [-0.15, -0.1) is 0 Å². The number of thioether (sulfide) groups is 1. The molecule has 114 valence electrons. The minimum absolute atomic E-state index is 0.115. The number of amides is 2. The lowest BCUT2D eigenvalue weighted by molar-refractivity contribution is -0.134. The van der Waals surface area contributed by atoms with Crippen molar-refractivity contribution < 1.29 is 18.4 Å². The average molecular weight is 314 g/mol. The predicted octanol–water partition coefficient (Wildman–Crippen LogP) is 2.95. The van der Waals surface area contributed by atoms with Gasteiger partial charge in [0.2, 0.25) is 11.8 Å². The Morgan fingerprint density at radius 3 is 2.57 bits per heavy atom. The van der Waals surface area contributed by atoms with Crippen LogP contribution in [0.5, 0.6) is 0 Å². The number of carbonyl (C=O) groups excluding carboxylic acids is 2. The molecule has 2 amide bonds. The third-order valence-corrected chi connectivity index (χ3v) is 4.03. The lowest BCUT2D eigenvalue weighted by atomic mass is 10.2. The van der Waals surface area contributed by atoms with Crippen LogP contribution in [0.25, 0.3) is 0 Å². The molecule has 1 atom stereocenters. The highest BCUT2D eigenvalue weighted by Crippen LogP contribution is 2.26. The zero-order chi connectivity index (χ0) is 15.4. The van der Waals surface area contributed by atoms with Gasteiger partial charge in [0.05, 0.1) is 0 Å². The fourth-order valence-corrected chi connectivity index (χ4v) is 2.86. The van der Waals surface area contributed by atoms with Crippen molar-refractivity contribution in [2.75, 3.05) is 11.9 Å². The largest absolute Gasteiger partial charge is 0.331 e. The Labute approximate surface area is 125 Å². The fourth-order valence-electron chi connectivity index (χ4n) is 2.36. The Bertz CT molecular complexity index is 522. The third-order valence-electron chi connectivity index (χ3n) is 3.31. The van der Waals surface area contributed by atoms with Gasteiger partial charge in [0.15, 0.2) is 0 Å². The van der Waals surface area contributed by atoms with Gasteiger partial charge < -0.3 is 10.2 Å². The molecule has 0 saturated carbocycles. The smallest absolute Gasteiger partial charge is 0.288 e. The molecule has 1 N–H and O–H groups in total. The van der Waals surface area contributed by atoms with Crippen molar-refractivity contribution in [2.24, 2.45) is 0 Å². The number of alkyl halides is 2. The number of nitrogens with zero attached hydrogens (tertiary/aromatic N) is 1. The second-order valence-electron chi connectivity index (χ2n) is 4.76. The zero-order valence-electron chi connectivity index (χ0n) is 11.5. The van der Waals surface area contributed by atoms with Crippen LogP contribution in [0.1, 0.15) is 19.8 Å². The van der Waals surface area contributed by atoms with Gasteiger partial charge in [-0.2, -0.15) is 8.78 Å². The van der Waals surface area contributed by atoms with E-state index < -0.39 is 11.8 Å². The minimum atomic E-state index is -2.46. The van der Waals surface area contributed by atoms with E-state index in [0.29, 0.717) is 35.3 Å². The molecule has 1 saturated heterocycles. The van der Waals surface area contributed by atoms with Crippen molar-refractivity contribution in [2.45, 2.75) is 36.5 Å². The second-order valence-corrected chi connectivity index (χ2v) is 5.83. The maximum Gasteiger partial charge on any atom is 0.288 e. The van der Waals surface area contributed by atoms with E-state index in [9.17, 15) is 18.4 Å². The SMILES string of the molecule is CC(=O)N1CCCC1C(=O)Nc1ccc(SC(F)F)cc1. The molecule has 0 aliphatic carbocycles. The van der Waals surface area contributed by atoms with Gasteiger partial charge >= 0.3 is 0 Å². The lowest BCUT2D eigenvalue weighted by Crippen LogP contribution is -2.42. The van der Waals surface area contributed by atoms with Crippen molar-refractivity contribution in [3.63, 3.8) is 0 Å². The van der Waals surface area contributed by atoms with Gasteiger partial charge in [0.1, 0.15) is 6.04 Å². The Morgan fingerprint density at radius 1 is 1.33 bits per heavy atom. The standard InChI is InChI=1S/C14H16F2N2O2S/c1-9(19)18-8-2-3-12(18)13(20)17-10-4-6-11(7-5-10)21-14(15)16/h4-7,12,14H,2-3,8H2,1H3,(H,17,20). The molecule has 0 aromatic heterocycles. The van der Waals surface area contributed by atoms with Crippen LogP contribution < -0.4 is 5.32 Å². The second kappa shape index (κ2) is 6.89. The van der Waals surface area contributed by atoms with Crippen molar-refractivity contribution >= 4 is 29.3 Å². The monoisotopic (exact) mass is 314 g/mol. The molecule has 1 heterocycles. The molecular formula is C14H16F2N2O2S. The number of rotatable bonds is 4. The number of likely N-dealkylation sites (tertiary alicyclic amines) is 1. The van der Waals surface area contributed by atoms with Gasteiger partial charge in [-0.3, -0.25) is 9.59 Å². The summed E-state index contributed by atoms with van der Waals surface area (Å²) >= 11 is 0.457. The molecule has 1 aromatic rings. The summed E-state index contributed by atoms with van der Waals surface area (Å²) in [6.07, 6.45) is 1.45. The summed E-state index contributed by atoms with van der Waals surface area (Å²) in [5, 5.41) is 2.72. The van der Waals surface area contributed by atoms with Crippen LogP contribution in [0.15, 0.2) is 29.2 Å². The van der Waals surface area contributed by atoms with Crippen molar-refractivity contribution in [1.29, 1.82) is 0 Å². The Kier molecular flexibility index (Phi) is 5.17. The van der Waals surface area contributed by atoms with E-state index in [2.05, 4.69) is 5.32 Å². The average Bonchev–Trinajstić information content (AvgIpc) is 2.90. The number of benzene rings is 1. The van der Waals surface area contributed by atoms with Crippen LogP contribution >= 0.6 is 11.8 Å². The molecule has 1 unspecified atom stereocenters. The molecule has 1 aliphatic rings. The summed E-state index contributed by atoms with van der Waals surface area (Å²) in [5.41, 5.74) is 0.536. The Morgan fingerprint density at radius 2 is 2.00 bits per heavy atom. The summed E-state index contributed by atoms with van der Waals surface area (Å²) < 4.78 is 24.4. The first-order valence-electron chi connectivity index (χ1n) is 6.60. The van der Waals surface area contributed by atoms with Gasteiger partial charge in [-0.1, -0.05) is 11.8 Å². The van der Waals surface area contributed by atoms with E-state index in [-0.39, 0.29) is 11.8 Å². The maximum atomic E-state index is 12.2. The van der Waals surface area contributed by atoms with E-state index in [1.165, 1.54) is 19.1 Å². The van der Waals surface area contributed by atoms with Crippen LogP contribution in [0.2, 0.25) is 0 Å². The van der Waals surface area contributed by atoms with Crippen LogP contribution in [-0.2, 0) is 9.59 Å². The number of hydrogen-bond acceptors (Lipinski definition) is 3. The molecule has 2 rings (SSSR count). The summed E-state index contributed by atoms with van der Waals surface area (Å²) in [6, 6.07) is 5.77. The Balaban J connectivity index is 1.97. The first-order valence-corrected chi connectivity index (χ1v) is 7.48. The number of hydrogen-bond donors (Lipinski definition) is 1. The van der Waals surface area contributed by atoms with Crippen molar-refractivity contribution in [1.82, 2.24) is 4.90 Å². The molecule has 7 heteroatoms. The molecule has 0 spiro atoms. The van der Waals surface area contributed by atoms with Crippen LogP contribution in [0.4, 0.5) is 14.5 Å². The first-order chi connectivity index (χ1) is 9.97. The van der Waals surface area contributed by atoms with E-state index >= 15 is 0 Å². The summed E-state index contributed by atoms with van der Waals surface area (Å²) in [4.78, 5) is 25.6. The molecule has 1 fully saturated rings. The molecule has 0 radical (unpaired) electrons. The summed E-state index contributed by atoms with van der Waals surface area (Å²) in [5.74, 6) is -2.82. The topological polar surface area (TPSA) is 49.4 Å². The molecule has 21 heavy (non-hydrogen) atoms. The highest BCUT2D eigenvalue weighted by atomic mass is 32.2. The van der Waals surface area contributed by atoms with Crippen molar-refractivity contribution in [3.8, 4) is 0 Å². The molecule has 1 aromatic carbocycles. The number of carbonyl (C=O) groups is 2. The first kappa shape index (κ1) is 15.8. The quantitative estimate of drug-likeness (QED) is 0.869. The van der Waals surface area contributed by atoms with Gasteiger partial charge in [0, 0.05) is 24.1 Å². The lowest BCUT2D eigenvalue weighted by Gasteiger charge is -2.22. The Hall–Kier alpha value is -1.63. The summed E-state index contributed by atoms with van der Waals surface area (Å²) in [7, 11) is 0. The van der Waals surface area contributed by atoms with Gasteiger partial charge in [-0.05, 0) is 37.1 Å². The number of anilines is 1. The van der Waals surface area contributed by atoms with E-state index in [0.717, 1.165) is 6.42 Å².